The van der Waals surface area contributed by atoms with E-state index >= 15 is 0 Å². The number of benzene rings is 3. The molecular weight excluding hydrogens is 571 g/mol. The van der Waals surface area contributed by atoms with Crippen molar-refractivity contribution in [3.05, 3.63) is 95.8 Å². The van der Waals surface area contributed by atoms with Gasteiger partial charge in [-0.05, 0) is 62.0 Å². The summed E-state index contributed by atoms with van der Waals surface area (Å²) in [5, 5.41) is 8.20. The molecule has 3 heterocycles. The molecule has 0 atom stereocenters. The zero-order chi connectivity index (χ0) is 30.8. The maximum atomic E-state index is 13.2. The number of aromatic nitrogens is 4. The summed E-state index contributed by atoms with van der Waals surface area (Å²) < 4.78 is 41.4. The fourth-order valence-corrected chi connectivity index (χ4v) is 4.95. The third kappa shape index (κ3) is 6.33. The van der Waals surface area contributed by atoms with Crippen LogP contribution in [0.25, 0.3) is 16.9 Å². The van der Waals surface area contributed by atoms with Crippen molar-refractivity contribution < 1.29 is 18.0 Å². The predicted molar refractivity (Wildman–Crippen MR) is 163 cm³/mol. The minimum Gasteiger partial charge on any atom is -0.325 e. The van der Waals surface area contributed by atoms with Crippen molar-refractivity contribution in [3.63, 3.8) is 0 Å². The van der Waals surface area contributed by atoms with Crippen molar-refractivity contribution in [3.8, 4) is 5.82 Å². The van der Waals surface area contributed by atoms with E-state index in [9.17, 15) is 18.0 Å². The molecule has 0 unspecified atom stereocenters. The lowest BCUT2D eigenvalue weighted by Crippen LogP contribution is -2.47. The van der Waals surface area contributed by atoms with Gasteiger partial charge in [0.05, 0.1) is 16.6 Å². The molecule has 13 heteroatoms. The molecule has 6 rings (SSSR count). The van der Waals surface area contributed by atoms with Crippen LogP contribution < -0.4 is 16.1 Å². The Morgan fingerprint density at radius 1 is 0.909 bits per heavy atom. The minimum absolute atomic E-state index is 0.0959. The lowest BCUT2D eigenvalue weighted by molar-refractivity contribution is -0.137. The highest BCUT2D eigenvalue weighted by Gasteiger charge is 2.31. The van der Waals surface area contributed by atoms with Crippen LogP contribution in [0.5, 0.6) is 0 Å². The highest BCUT2D eigenvalue weighted by Crippen LogP contribution is 2.31. The molecule has 3 aromatic carbocycles. The van der Waals surface area contributed by atoms with E-state index in [1.807, 2.05) is 41.8 Å². The van der Waals surface area contributed by atoms with Crippen molar-refractivity contribution in [2.45, 2.75) is 13.1 Å². The number of amides is 1. The summed E-state index contributed by atoms with van der Waals surface area (Å²) in [6.07, 6.45) is -3.05. The molecule has 3 N–H and O–H groups in total. The number of rotatable bonds is 7. The second-order valence-corrected chi connectivity index (χ2v) is 10.6. The van der Waals surface area contributed by atoms with Crippen LogP contribution >= 0.6 is 0 Å². The summed E-state index contributed by atoms with van der Waals surface area (Å²) in [5.74, 6) is 1.08. The van der Waals surface area contributed by atoms with Gasteiger partial charge in [-0.1, -0.05) is 24.3 Å². The number of piperazine rings is 1. The molecule has 0 spiro atoms. The van der Waals surface area contributed by atoms with E-state index in [4.69, 9.17) is 4.98 Å². The maximum absolute atomic E-state index is 13.2. The van der Waals surface area contributed by atoms with Crippen LogP contribution in [0.4, 0.5) is 36.3 Å². The normalized spacial score (nSPS) is 14.5. The number of anilines is 4. The molecule has 2 aromatic heterocycles. The van der Waals surface area contributed by atoms with E-state index in [0.29, 0.717) is 29.0 Å². The van der Waals surface area contributed by atoms with Crippen LogP contribution in [0.15, 0.2) is 79.1 Å². The largest absolute Gasteiger partial charge is 0.416 e. The van der Waals surface area contributed by atoms with Gasteiger partial charge in [0, 0.05) is 49.2 Å². The number of hydrogen-bond donors (Lipinski definition) is 3. The van der Waals surface area contributed by atoms with Crippen LogP contribution in [0.2, 0.25) is 0 Å². The number of imidazole rings is 1. The number of nitrogens with one attached hydrogen (secondary N) is 3. The van der Waals surface area contributed by atoms with E-state index in [1.165, 1.54) is 18.5 Å². The van der Waals surface area contributed by atoms with Gasteiger partial charge in [-0.25, -0.2) is 20.0 Å². The smallest absolute Gasteiger partial charge is 0.325 e. The third-order valence-corrected chi connectivity index (χ3v) is 7.41. The average Bonchev–Trinajstić information content (AvgIpc) is 3.37. The van der Waals surface area contributed by atoms with Gasteiger partial charge < -0.3 is 21.0 Å². The van der Waals surface area contributed by atoms with E-state index in [1.54, 1.807) is 18.2 Å². The fraction of sp³-hybridized carbons (Fsp3) is 0.226. The standard InChI is InChI=1S/C31H30F3N9O/c1-20-10-11-23(37-29(44)21-6-5-7-22(16-21)31(32,33)34)17-25(20)39-30-38-24-8-3-4-9-26(24)43(30)28-18-27(35-19-36-28)40-42-14-12-41(2)13-15-42/h3-11,16-19H,12-15H2,1-2H3,(H,37,44)(H,38,39)(H,35,36,40). The molecule has 10 nitrogen and oxygen atoms in total. The zero-order valence-corrected chi connectivity index (χ0v) is 24.1. The average molecular weight is 602 g/mol. The number of fused-ring (bicyclic) bond motifs is 1. The van der Waals surface area contributed by atoms with Crippen molar-refractivity contribution in [1.82, 2.24) is 29.4 Å². The first-order valence-corrected chi connectivity index (χ1v) is 14.0. The fourth-order valence-electron chi connectivity index (χ4n) is 4.95. The van der Waals surface area contributed by atoms with Crippen molar-refractivity contribution in [2.75, 3.05) is 49.3 Å². The molecule has 0 bridgehead atoms. The number of hydrogen-bond acceptors (Lipinski definition) is 8. The van der Waals surface area contributed by atoms with Crippen LogP contribution in [0.3, 0.4) is 0 Å². The Labute approximate surface area is 251 Å². The summed E-state index contributed by atoms with van der Waals surface area (Å²) in [7, 11) is 2.10. The Morgan fingerprint density at radius 3 is 2.50 bits per heavy atom. The number of alkyl halides is 3. The molecule has 1 aliphatic heterocycles. The van der Waals surface area contributed by atoms with Crippen molar-refractivity contribution in [1.29, 1.82) is 0 Å². The monoisotopic (exact) mass is 601 g/mol. The Morgan fingerprint density at radius 2 is 1.70 bits per heavy atom. The number of nitrogens with zero attached hydrogens (tertiary/aromatic N) is 6. The van der Waals surface area contributed by atoms with Gasteiger partial charge >= 0.3 is 6.18 Å². The SMILES string of the molecule is Cc1ccc(NC(=O)c2cccc(C(F)(F)F)c2)cc1Nc1nc2ccccc2n1-c1cc(NN2CCN(C)CC2)ncn1. The number of likely N-dealkylation sites (N-methyl/N-ethyl adjacent to an activating group) is 1. The number of aryl methyl sites for hydroxylation is 1. The topological polar surface area (TPSA) is 103 Å². The van der Waals surface area contributed by atoms with Gasteiger partial charge in [0.2, 0.25) is 5.95 Å². The van der Waals surface area contributed by atoms with Crippen LogP contribution in [0.1, 0.15) is 21.5 Å². The molecule has 5 aromatic rings. The number of carbonyl (C=O) groups excluding carboxylic acids is 1. The van der Waals surface area contributed by atoms with Crippen LogP contribution in [-0.2, 0) is 6.18 Å². The molecule has 1 amide bonds. The summed E-state index contributed by atoms with van der Waals surface area (Å²) >= 11 is 0. The first-order chi connectivity index (χ1) is 21.1. The zero-order valence-electron chi connectivity index (χ0n) is 24.1. The van der Waals surface area contributed by atoms with Crippen molar-refractivity contribution >= 4 is 40.1 Å². The summed E-state index contributed by atoms with van der Waals surface area (Å²) in [6.45, 7) is 5.51. The molecule has 0 aliphatic carbocycles. The second-order valence-electron chi connectivity index (χ2n) is 10.6. The summed E-state index contributed by atoms with van der Waals surface area (Å²) in [4.78, 5) is 28.9. The number of carbonyl (C=O) groups is 1. The van der Waals surface area contributed by atoms with Crippen LogP contribution in [-0.4, -0.2) is 68.6 Å². The predicted octanol–water partition coefficient (Wildman–Crippen LogP) is 5.71. The molecule has 0 radical (unpaired) electrons. The lowest BCUT2D eigenvalue weighted by Gasteiger charge is -2.32. The molecule has 226 valence electrons. The molecule has 1 aliphatic rings. The number of halogens is 3. The molecule has 1 saturated heterocycles. The summed E-state index contributed by atoms with van der Waals surface area (Å²) in [6, 6.07) is 19.1. The molecular formula is C31H30F3N9O. The number of hydrazine groups is 1. The first kappa shape index (κ1) is 29.1. The Balaban J connectivity index is 1.28. The minimum atomic E-state index is -4.55. The van der Waals surface area contributed by atoms with E-state index < -0.39 is 17.6 Å². The van der Waals surface area contributed by atoms with Gasteiger partial charge in [-0.15, -0.1) is 0 Å². The Kier molecular flexibility index (Phi) is 7.89. The summed E-state index contributed by atoms with van der Waals surface area (Å²) in [5.41, 5.74) is 5.88. The molecule has 1 fully saturated rings. The van der Waals surface area contributed by atoms with E-state index in [0.717, 1.165) is 54.9 Å². The van der Waals surface area contributed by atoms with Gasteiger partial charge in [0.1, 0.15) is 18.0 Å². The molecule has 44 heavy (non-hydrogen) atoms. The number of para-hydroxylation sites is 2. The third-order valence-electron chi connectivity index (χ3n) is 7.41. The van der Waals surface area contributed by atoms with Gasteiger partial charge in [0.15, 0.2) is 0 Å². The van der Waals surface area contributed by atoms with Crippen molar-refractivity contribution in [2.24, 2.45) is 0 Å². The van der Waals surface area contributed by atoms with Gasteiger partial charge in [0.25, 0.3) is 5.91 Å². The maximum Gasteiger partial charge on any atom is 0.416 e. The molecule has 0 saturated carbocycles. The van der Waals surface area contributed by atoms with Crippen LogP contribution in [0, 0.1) is 6.92 Å². The Bertz CT molecular complexity index is 1810. The van der Waals surface area contributed by atoms with Gasteiger partial charge in [-0.3, -0.25) is 9.36 Å². The van der Waals surface area contributed by atoms with E-state index in [2.05, 4.69) is 43.0 Å². The quantitative estimate of drug-likeness (QED) is 0.218. The highest BCUT2D eigenvalue weighted by atomic mass is 19.4. The van der Waals surface area contributed by atoms with Gasteiger partial charge in [-0.2, -0.15) is 13.2 Å². The Hall–Kier alpha value is -5.01. The second kappa shape index (κ2) is 11.9. The first-order valence-electron chi connectivity index (χ1n) is 14.0. The highest BCUT2D eigenvalue weighted by molar-refractivity contribution is 6.04. The van der Waals surface area contributed by atoms with E-state index in [-0.39, 0.29) is 5.56 Å². The lowest BCUT2D eigenvalue weighted by atomic mass is 10.1.